The highest BCUT2D eigenvalue weighted by molar-refractivity contribution is 6.33. The first-order chi connectivity index (χ1) is 29.2. The summed E-state index contributed by atoms with van der Waals surface area (Å²) in [6, 6.07) is 12.5. The van der Waals surface area contributed by atoms with Gasteiger partial charge in [0.05, 0.1) is 11.7 Å². The fourth-order valence-corrected chi connectivity index (χ4v) is 9.45. The molecule has 1 atom stereocenters. The summed E-state index contributed by atoms with van der Waals surface area (Å²) in [5.74, 6) is 0.476. The molecule has 3 saturated heterocycles. The molecule has 4 aliphatic heterocycles. The molecule has 322 valence electrons. The molecule has 17 heteroatoms. The fourth-order valence-electron chi connectivity index (χ4n) is 9.31. The maximum absolute atomic E-state index is 13.3. The van der Waals surface area contributed by atoms with Crippen LogP contribution in [0.25, 0.3) is 10.9 Å². The van der Waals surface area contributed by atoms with Gasteiger partial charge in [0.15, 0.2) is 18.2 Å². The van der Waals surface area contributed by atoms with E-state index >= 15 is 0 Å². The molecule has 4 amide bonds. The van der Waals surface area contributed by atoms with Crippen molar-refractivity contribution in [2.24, 2.45) is 5.92 Å². The molecule has 2 aromatic heterocycles. The van der Waals surface area contributed by atoms with E-state index in [9.17, 15) is 24.0 Å². The number of fused-ring (bicyclic) bond motifs is 2. The maximum Gasteiger partial charge on any atom is 0.293 e. The number of amides is 4. The Morgan fingerprint density at radius 2 is 1.72 bits per heavy atom. The Morgan fingerprint density at radius 3 is 2.43 bits per heavy atom. The Hall–Kier alpha value is -5.74. The van der Waals surface area contributed by atoms with Gasteiger partial charge in [-0.2, -0.15) is 4.98 Å². The van der Waals surface area contributed by atoms with Gasteiger partial charge in [-0.05, 0) is 101 Å². The molecule has 2 aromatic carbocycles. The van der Waals surface area contributed by atoms with Gasteiger partial charge in [-0.1, -0.05) is 11.6 Å². The molecular formula is C44H53ClN10O6. The third kappa shape index (κ3) is 8.34. The van der Waals surface area contributed by atoms with E-state index in [-0.39, 0.29) is 53.6 Å². The average molecular weight is 853 g/mol. The lowest BCUT2D eigenvalue weighted by molar-refractivity contribution is -0.137. The summed E-state index contributed by atoms with van der Waals surface area (Å²) < 4.78 is 7.28. The number of benzene rings is 2. The molecule has 61 heavy (non-hydrogen) atoms. The monoisotopic (exact) mass is 852 g/mol. The van der Waals surface area contributed by atoms with Crippen LogP contribution >= 0.6 is 11.6 Å². The fraction of sp³-hybridized carbons (Fsp3) is 0.477. The van der Waals surface area contributed by atoms with Crippen LogP contribution in [-0.4, -0.2) is 112 Å². The molecular weight excluding hydrogens is 800 g/mol. The number of nitrogens with zero attached hydrogens (tertiary/aromatic N) is 7. The van der Waals surface area contributed by atoms with Crippen LogP contribution in [0.15, 0.2) is 53.5 Å². The van der Waals surface area contributed by atoms with E-state index in [1.807, 2.05) is 44.2 Å². The third-order valence-corrected chi connectivity index (χ3v) is 13.2. The first kappa shape index (κ1) is 42.0. The molecule has 0 radical (unpaired) electrons. The van der Waals surface area contributed by atoms with Crippen molar-refractivity contribution in [1.82, 2.24) is 35.0 Å². The van der Waals surface area contributed by atoms with E-state index < -0.39 is 11.9 Å². The highest BCUT2D eigenvalue weighted by Gasteiger charge is 2.41. The van der Waals surface area contributed by atoms with E-state index in [0.717, 1.165) is 74.3 Å². The molecule has 0 spiro atoms. The number of likely N-dealkylation sites (N-methyl/N-ethyl adjacent to an activating group) is 1. The minimum atomic E-state index is -0.620. The third-order valence-electron chi connectivity index (χ3n) is 12.9. The van der Waals surface area contributed by atoms with Crippen LogP contribution in [0.5, 0.6) is 5.75 Å². The molecule has 8 rings (SSSR count). The van der Waals surface area contributed by atoms with Gasteiger partial charge in [-0.25, -0.2) is 4.98 Å². The van der Waals surface area contributed by atoms with Crippen LogP contribution in [0.2, 0.25) is 5.02 Å². The SMILES string of the molecule is CNC(=O)COc1cc2cc(Nc3nc(N4CCN(C(C)(C)C5CCN(c6ccc7c(c6)CN(C6CCC(=O)NC6=O)C7=O)CC5)CC4)ncc3Cl)ccc2n(C(C)C)c1=O. The van der Waals surface area contributed by atoms with Crippen molar-refractivity contribution in [2.75, 3.05) is 68.0 Å². The van der Waals surface area contributed by atoms with Gasteiger partial charge >= 0.3 is 0 Å². The average Bonchev–Trinajstić information content (AvgIpc) is 3.58. The first-order valence-electron chi connectivity index (χ1n) is 21.1. The molecule has 6 heterocycles. The minimum absolute atomic E-state index is 0.0253. The maximum atomic E-state index is 13.3. The number of nitrogens with one attached hydrogen (secondary N) is 3. The Bertz CT molecular complexity index is 2440. The van der Waals surface area contributed by atoms with Gasteiger partial charge in [0, 0.05) is 93.2 Å². The largest absolute Gasteiger partial charge is 0.478 e. The Balaban J connectivity index is 0.879. The number of piperidine rings is 2. The molecule has 3 N–H and O–H groups in total. The Labute approximate surface area is 359 Å². The summed E-state index contributed by atoms with van der Waals surface area (Å²) in [4.78, 5) is 80.8. The number of pyridine rings is 1. The molecule has 3 fully saturated rings. The number of rotatable bonds is 11. The summed E-state index contributed by atoms with van der Waals surface area (Å²) in [6.07, 6.45) is 4.28. The number of carbonyl (C=O) groups excluding carboxylic acids is 4. The number of aromatic nitrogens is 3. The van der Waals surface area contributed by atoms with Crippen LogP contribution in [-0.2, 0) is 20.9 Å². The lowest BCUT2D eigenvalue weighted by Crippen LogP contribution is -2.59. The predicted molar refractivity (Wildman–Crippen MR) is 234 cm³/mol. The van der Waals surface area contributed by atoms with Crippen LogP contribution in [0.4, 0.5) is 23.1 Å². The zero-order valence-corrected chi connectivity index (χ0v) is 36.1. The second-order valence-corrected chi connectivity index (χ2v) is 17.5. The summed E-state index contributed by atoms with van der Waals surface area (Å²) in [7, 11) is 1.51. The number of carbonyl (C=O) groups is 4. The molecule has 0 bridgehead atoms. The topological polar surface area (TPSA) is 174 Å². The van der Waals surface area contributed by atoms with Gasteiger partial charge < -0.3 is 34.6 Å². The van der Waals surface area contributed by atoms with Crippen molar-refractivity contribution in [3.63, 3.8) is 0 Å². The van der Waals surface area contributed by atoms with Crippen LogP contribution in [0, 0.1) is 5.92 Å². The van der Waals surface area contributed by atoms with E-state index in [1.165, 1.54) is 7.05 Å². The number of halogens is 1. The van der Waals surface area contributed by atoms with Crippen molar-refractivity contribution in [3.8, 4) is 5.75 Å². The number of hydrogen-bond acceptors (Lipinski definition) is 12. The second-order valence-electron chi connectivity index (χ2n) is 17.1. The van der Waals surface area contributed by atoms with Crippen molar-refractivity contribution in [2.45, 2.75) is 77.5 Å². The molecule has 0 aliphatic carbocycles. The molecule has 4 aromatic rings. The number of piperazine rings is 1. The number of imide groups is 1. The molecule has 16 nitrogen and oxygen atoms in total. The molecule has 0 saturated carbocycles. The standard InChI is InChI=1S/C44H53ClN10O6/c1-26(2)55-34-9-6-30(20-27(34)22-36(42(55)60)61-25-38(57)46-5)48-39-33(45)23-47-43(50-39)52-16-18-53(19-17-52)44(3,4)29-12-14-51(15-13-29)31-7-8-32-28(21-31)24-54(41(32)59)35-10-11-37(56)49-40(35)58/h6-9,20-23,26,29,35H,10-19,24-25H2,1-5H3,(H,46,57)(H,47,48,50)(H,49,56,58). The van der Waals surface area contributed by atoms with Crippen LogP contribution in [0.3, 0.4) is 0 Å². The predicted octanol–water partition coefficient (Wildman–Crippen LogP) is 4.47. The van der Waals surface area contributed by atoms with Crippen molar-refractivity contribution in [3.05, 3.63) is 75.2 Å². The van der Waals surface area contributed by atoms with Gasteiger partial charge in [-0.15, -0.1) is 0 Å². The smallest absolute Gasteiger partial charge is 0.293 e. The van der Waals surface area contributed by atoms with Crippen molar-refractivity contribution in [1.29, 1.82) is 0 Å². The normalized spacial score (nSPS) is 19.1. The molecule has 4 aliphatic rings. The number of ether oxygens (including phenoxy) is 1. The van der Waals surface area contributed by atoms with Crippen molar-refractivity contribution >= 4 is 69.3 Å². The second kappa shape index (κ2) is 17.0. The zero-order chi connectivity index (χ0) is 43.2. The zero-order valence-electron chi connectivity index (χ0n) is 35.3. The van der Waals surface area contributed by atoms with Gasteiger partial charge in [-0.3, -0.25) is 34.2 Å². The number of anilines is 4. The minimum Gasteiger partial charge on any atom is -0.478 e. The highest BCUT2D eigenvalue weighted by atomic mass is 35.5. The van der Waals surface area contributed by atoms with E-state index in [4.69, 9.17) is 21.3 Å². The summed E-state index contributed by atoms with van der Waals surface area (Å²) in [5, 5.41) is 9.36. The van der Waals surface area contributed by atoms with Crippen LogP contribution in [0.1, 0.15) is 75.3 Å². The van der Waals surface area contributed by atoms with Gasteiger partial charge in [0.25, 0.3) is 17.4 Å². The van der Waals surface area contributed by atoms with E-state index in [0.29, 0.717) is 46.9 Å². The van der Waals surface area contributed by atoms with Gasteiger partial charge in [0.2, 0.25) is 17.8 Å². The Morgan fingerprint density at radius 1 is 0.967 bits per heavy atom. The van der Waals surface area contributed by atoms with E-state index in [1.54, 1.807) is 21.7 Å². The van der Waals surface area contributed by atoms with Crippen LogP contribution < -0.4 is 36.0 Å². The lowest BCUT2D eigenvalue weighted by Gasteiger charge is -2.50. The van der Waals surface area contributed by atoms with Crippen molar-refractivity contribution < 1.29 is 23.9 Å². The highest BCUT2D eigenvalue weighted by Crippen LogP contribution is 2.37. The summed E-state index contributed by atoms with van der Waals surface area (Å²) in [5.41, 5.74) is 3.77. The Kier molecular flexibility index (Phi) is 11.7. The van der Waals surface area contributed by atoms with E-state index in [2.05, 4.69) is 55.5 Å². The summed E-state index contributed by atoms with van der Waals surface area (Å²) >= 11 is 6.63. The first-order valence-corrected chi connectivity index (χ1v) is 21.4. The molecule has 1 unspecified atom stereocenters. The number of hydrogen-bond donors (Lipinski definition) is 3. The quantitative estimate of drug-likeness (QED) is 0.181. The lowest BCUT2D eigenvalue weighted by atomic mass is 9.78. The van der Waals surface area contributed by atoms with Gasteiger partial charge in [0.1, 0.15) is 11.1 Å². The summed E-state index contributed by atoms with van der Waals surface area (Å²) in [6.45, 7) is 13.7.